The molecule has 7 nitrogen and oxygen atoms in total. The van der Waals surface area contributed by atoms with Crippen molar-refractivity contribution in [3.63, 3.8) is 0 Å². The second-order valence-corrected chi connectivity index (χ2v) is 6.06. The lowest BCUT2D eigenvalue weighted by atomic mass is 10.2. The van der Waals surface area contributed by atoms with E-state index in [0.717, 1.165) is 0 Å². The number of aryl methyl sites for hydroxylation is 1. The summed E-state index contributed by atoms with van der Waals surface area (Å²) in [5.74, 6) is 0.567. The Morgan fingerprint density at radius 1 is 1.40 bits per heavy atom. The highest BCUT2D eigenvalue weighted by molar-refractivity contribution is 7.89. The third-order valence-electron chi connectivity index (χ3n) is 3.07. The van der Waals surface area contributed by atoms with Crippen LogP contribution in [0.25, 0.3) is 0 Å². The fourth-order valence-electron chi connectivity index (χ4n) is 1.84. The van der Waals surface area contributed by atoms with Crippen molar-refractivity contribution in [3.8, 4) is 0 Å². The normalized spacial score (nSPS) is 11.7. The van der Waals surface area contributed by atoms with Crippen LogP contribution in [0.1, 0.15) is 18.3 Å². The van der Waals surface area contributed by atoms with Crippen LogP contribution in [-0.2, 0) is 23.1 Å². The maximum absolute atomic E-state index is 12.3. The zero-order valence-corrected chi connectivity index (χ0v) is 12.2. The summed E-state index contributed by atoms with van der Waals surface area (Å²) in [7, 11) is -3.63. The average Bonchev–Trinajstić information content (AvgIpc) is 2.87. The molecule has 20 heavy (non-hydrogen) atoms. The van der Waals surface area contributed by atoms with Crippen LogP contribution in [0.15, 0.2) is 29.4 Å². The van der Waals surface area contributed by atoms with E-state index in [4.69, 9.17) is 5.73 Å². The molecule has 2 aromatic rings. The molecule has 0 atom stereocenters. The zero-order valence-electron chi connectivity index (χ0n) is 11.4. The summed E-state index contributed by atoms with van der Waals surface area (Å²) in [6, 6.07) is 4.81. The Morgan fingerprint density at radius 2 is 2.15 bits per heavy atom. The number of anilines is 1. The van der Waals surface area contributed by atoms with E-state index in [1.54, 1.807) is 30.0 Å². The van der Waals surface area contributed by atoms with Gasteiger partial charge in [0.1, 0.15) is 12.2 Å². The van der Waals surface area contributed by atoms with Crippen molar-refractivity contribution in [3.05, 3.63) is 35.9 Å². The molecule has 108 valence electrons. The molecule has 3 N–H and O–H groups in total. The van der Waals surface area contributed by atoms with E-state index in [2.05, 4.69) is 14.9 Å². The number of hydrogen-bond acceptors (Lipinski definition) is 5. The summed E-state index contributed by atoms with van der Waals surface area (Å²) in [5, 5.41) is 7.64. The lowest BCUT2D eigenvalue weighted by molar-refractivity contribution is 0.574. The second kappa shape index (κ2) is 5.59. The molecule has 0 aliphatic carbocycles. The van der Waals surface area contributed by atoms with E-state index >= 15 is 0 Å². The first-order valence-electron chi connectivity index (χ1n) is 6.17. The molecule has 0 saturated heterocycles. The molecular weight excluding hydrogens is 278 g/mol. The van der Waals surface area contributed by atoms with Gasteiger partial charge in [0.15, 0.2) is 0 Å². The Kier molecular flexibility index (Phi) is 4.05. The van der Waals surface area contributed by atoms with Crippen LogP contribution in [0.4, 0.5) is 5.69 Å². The molecule has 0 fully saturated rings. The molecule has 2 rings (SSSR count). The molecule has 8 heteroatoms. The van der Waals surface area contributed by atoms with Crippen molar-refractivity contribution in [2.24, 2.45) is 0 Å². The Morgan fingerprint density at radius 3 is 2.85 bits per heavy atom. The Bertz CT molecular complexity index is 708. The molecule has 1 aromatic heterocycles. The van der Waals surface area contributed by atoms with Gasteiger partial charge in [-0.05, 0) is 31.5 Å². The second-order valence-electron chi connectivity index (χ2n) is 4.33. The smallest absolute Gasteiger partial charge is 0.241 e. The van der Waals surface area contributed by atoms with Gasteiger partial charge in [-0.2, -0.15) is 0 Å². The van der Waals surface area contributed by atoms with E-state index in [1.807, 2.05) is 6.92 Å². The number of aromatic nitrogens is 3. The maximum Gasteiger partial charge on any atom is 0.241 e. The topological polar surface area (TPSA) is 103 Å². The number of sulfonamides is 1. The number of benzene rings is 1. The van der Waals surface area contributed by atoms with Crippen molar-refractivity contribution in [2.45, 2.75) is 31.8 Å². The summed E-state index contributed by atoms with van der Waals surface area (Å²) in [6.45, 7) is 4.38. The minimum atomic E-state index is -3.63. The van der Waals surface area contributed by atoms with Crippen LogP contribution in [0, 0.1) is 6.92 Å². The van der Waals surface area contributed by atoms with Gasteiger partial charge in [0.05, 0.1) is 11.4 Å². The Labute approximate surface area is 117 Å². The van der Waals surface area contributed by atoms with Gasteiger partial charge in [-0.3, -0.25) is 0 Å². The highest BCUT2D eigenvalue weighted by Gasteiger charge is 2.18. The number of rotatable bonds is 5. The molecule has 0 radical (unpaired) electrons. The average molecular weight is 295 g/mol. The van der Waals surface area contributed by atoms with E-state index in [0.29, 0.717) is 23.6 Å². The minimum Gasteiger partial charge on any atom is -0.398 e. The van der Waals surface area contributed by atoms with Gasteiger partial charge in [0.25, 0.3) is 0 Å². The van der Waals surface area contributed by atoms with Gasteiger partial charge < -0.3 is 10.3 Å². The fourth-order valence-corrected chi connectivity index (χ4v) is 3.09. The lowest BCUT2D eigenvalue weighted by Gasteiger charge is -2.10. The molecule has 0 saturated carbocycles. The predicted molar refractivity (Wildman–Crippen MR) is 75.3 cm³/mol. The summed E-state index contributed by atoms with van der Waals surface area (Å²) in [4.78, 5) is 0.181. The highest BCUT2D eigenvalue weighted by atomic mass is 32.2. The first-order chi connectivity index (χ1) is 9.45. The molecule has 1 heterocycles. The largest absolute Gasteiger partial charge is 0.398 e. The van der Waals surface area contributed by atoms with Gasteiger partial charge >= 0.3 is 0 Å². The molecule has 1 aromatic carbocycles. The molecule has 0 amide bonds. The Balaban J connectivity index is 2.22. The van der Waals surface area contributed by atoms with E-state index in [-0.39, 0.29) is 11.4 Å². The monoisotopic (exact) mass is 295 g/mol. The maximum atomic E-state index is 12.3. The third kappa shape index (κ3) is 2.81. The molecule has 0 aliphatic heterocycles. The molecule has 0 aliphatic rings. The third-order valence-corrected chi connectivity index (χ3v) is 4.62. The lowest BCUT2D eigenvalue weighted by Crippen LogP contribution is -2.25. The fraction of sp³-hybridized carbons (Fsp3) is 0.333. The van der Waals surface area contributed by atoms with Crippen LogP contribution >= 0.6 is 0 Å². The van der Waals surface area contributed by atoms with Crippen LogP contribution < -0.4 is 10.5 Å². The number of nitrogens with two attached hydrogens (primary N) is 1. The number of nitrogen functional groups attached to an aromatic ring is 1. The first-order valence-corrected chi connectivity index (χ1v) is 7.65. The zero-order chi connectivity index (χ0) is 14.8. The van der Waals surface area contributed by atoms with Gasteiger partial charge in [-0.25, -0.2) is 13.1 Å². The summed E-state index contributed by atoms with van der Waals surface area (Å²) >= 11 is 0. The predicted octanol–water partition coefficient (Wildman–Crippen LogP) is 0.667. The Hall–Kier alpha value is -1.93. The summed E-state index contributed by atoms with van der Waals surface area (Å²) in [6.07, 6.45) is 1.56. The number of nitrogens with one attached hydrogen (secondary N) is 1. The van der Waals surface area contributed by atoms with Gasteiger partial charge in [0.2, 0.25) is 10.0 Å². The summed E-state index contributed by atoms with van der Waals surface area (Å²) < 4.78 is 28.8. The molecule has 0 bridgehead atoms. The number of nitrogens with zero attached hydrogens (tertiary/aromatic N) is 3. The minimum absolute atomic E-state index is 0.0877. The standard InChI is InChI=1S/C12H17N5O2S/c1-3-17-8-14-16-12(17)7-15-20(18,19)11-6-4-5-10(13)9(11)2/h4-6,8,15H,3,7,13H2,1-2H3. The summed E-state index contributed by atoms with van der Waals surface area (Å²) in [5.41, 5.74) is 6.72. The molecule has 0 unspecified atom stereocenters. The van der Waals surface area contributed by atoms with Crippen LogP contribution in [0.2, 0.25) is 0 Å². The van der Waals surface area contributed by atoms with Crippen molar-refractivity contribution < 1.29 is 8.42 Å². The highest BCUT2D eigenvalue weighted by Crippen LogP contribution is 2.20. The SMILES string of the molecule is CCn1cnnc1CNS(=O)(=O)c1cccc(N)c1C. The van der Waals surface area contributed by atoms with Gasteiger partial charge in [-0.15, -0.1) is 10.2 Å². The van der Waals surface area contributed by atoms with Crippen LogP contribution in [0.5, 0.6) is 0 Å². The van der Waals surface area contributed by atoms with E-state index < -0.39 is 10.0 Å². The van der Waals surface area contributed by atoms with Gasteiger partial charge in [0, 0.05) is 12.2 Å². The number of hydrogen-bond donors (Lipinski definition) is 2. The van der Waals surface area contributed by atoms with Crippen molar-refractivity contribution >= 4 is 15.7 Å². The molecular formula is C12H17N5O2S. The molecule has 0 spiro atoms. The van der Waals surface area contributed by atoms with Crippen molar-refractivity contribution in [1.29, 1.82) is 0 Å². The van der Waals surface area contributed by atoms with E-state index in [9.17, 15) is 8.42 Å². The van der Waals surface area contributed by atoms with Crippen LogP contribution in [0.3, 0.4) is 0 Å². The van der Waals surface area contributed by atoms with E-state index in [1.165, 1.54) is 6.07 Å². The first kappa shape index (κ1) is 14.5. The van der Waals surface area contributed by atoms with Crippen LogP contribution in [-0.4, -0.2) is 23.2 Å². The van der Waals surface area contributed by atoms with Crippen molar-refractivity contribution in [1.82, 2.24) is 19.5 Å². The van der Waals surface area contributed by atoms with Crippen molar-refractivity contribution in [2.75, 3.05) is 5.73 Å². The van der Waals surface area contributed by atoms with Gasteiger partial charge in [-0.1, -0.05) is 6.07 Å². The quantitative estimate of drug-likeness (QED) is 0.789.